The Bertz CT molecular complexity index is 714. The molecule has 2 aromatic rings. The molecule has 0 saturated heterocycles. The summed E-state index contributed by atoms with van der Waals surface area (Å²) in [5.74, 6) is 0. The van der Waals surface area contributed by atoms with Gasteiger partial charge in [-0.25, -0.2) is 13.6 Å². The third kappa shape index (κ3) is 4.32. The smallest absolute Gasteiger partial charge is 0.238 e. The summed E-state index contributed by atoms with van der Waals surface area (Å²) in [5, 5.41) is 8.41. The van der Waals surface area contributed by atoms with Crippen molar-refractivity contribution in [1.82, 2.24) is 15.3 Å². The molecule has 0 fully saturated rings. The largest absolute Gasteiger partial charge is 0.305 e. The maximum Gasteiger partial charge on any atom is 0.238 e. The molecule has 0 amide bonds. The van der Waals surface area contributed by atoms with E-state index in [1.165, 1.54) is 6.07 Å². The van der Waals surface area contributed by atoms with Crippen LogP contribution in [0, 0.1) is 6.92 Å². The van der Waals surface area contributed by atoms with Gasteiger partial charge in [0.1, 0.15) is 0 Å². The third-order valence-electron chi connectivity index (χ3n) is 3.11. The molecule has 112 valence electrons. The number of benzene rings is 1. The summed E-state index contributed by atoms with van der Waals surface area (Å²) in [6.07, 6.45) is 3.43. The van der Waals surface area contributed by atoms with Crippen molar-refractivity contribution in [3.05, 3.63) is 53.6 Å². The molecule has 1 aromatic carbocycles. The van der Waals surface area contributed by atoms with Crippen LogP contribution in [0.1, 0.15) is 29.9 Å². The van der Waals surface area contributed by atoms with Crippen LogP contribution in [0.3, 0.4) is 0 Å². The number of nitrogens with one attached hydrogen (secondary N) is 1. The molecule has 3 N–H and O–H groups in total. The molecule has 0 bridgehead atoms. The molecule has 1 heterocycles. The summed E-state index contributed by atoms with van der Waals surface area (Å²) in [6.45, 7) is 4.38. The van der Waals surface area contributed by atoms with E-state index in [0.29, 0.717) is 6.54 Å². The van der Waals surface area contributed by atoms with Crippen LogP contribution in [-0.2, 0) is 16.6 Å². The topological polar surface area (TPSA) is 98.0 Å². The maximum atomic E-state index is 11.4. The zero-order chi connectivity index (χ0) is 15.5. The minimum Gasteiger partial charge on any atom is -0.305 e. The number of nitrogens with two attached hydrogens (primary N) is 1. The number of nitrogens with zero attached hydrogens (tertiary/aromatic N) is 2. The fourth-order valence-corrected chi connectivity index (χ4v) is 2.42. The van der Waals surface area contributed by atoms with Gasteiger partial charge >= 0.3 is 0 Å². The standard InChI is InChI=1S/C14H18N4O2S/c1-10-7-18-13(8-16-10)9-17-11(2)12-4-3-5-14(6-12)21(15,19)20/h3-8,11,17H,9H2,1-2H3,(H2,15,19,20). The first kappa shape index (κ1) is 15.6. The number of aryl methyl sites for hydroxylation is 1. The van der Waals surface area contributed by atoms with Gasteiger partial charge in [0.25, 0.3) is 0 Å². The van der Waals surface area contributed by atoms with Gasteiger partial charge in [0.2, 0.25) is 10.0 Å². The first-order valence-electron chi connectivity index (χ1n) is 6.50. The molecule has 2 rings (SSSR count). The van der Waals surface area contributed by atoms with Crippen LogP contribution in [0.15, 0.2) is 41.6 Å². The lowest BCUT2D eigenvalue weighted by Crippen LogP contribution is -2.20. The van der Waals surface area contributed by atoms with Crippen LogP contribution in [0.2, 0.25) is 0 Å². The molecule has 21 heavy (non-hydrogen) atoms. The molecule has 6 nitrogen and oxygen atoms in total. The molecule has 1 aromatic heterocycles. The molecule has 0 radical (unpaired) electrons. The van der Waals surface area contributed by atoms with Crippen LogP contribution in [0.4, 0.5) is 0 Å². The Kier molecular flexibility index (Phi) is 4.66. The lowest BCUT2D eigenvalue weighted by molar-refractivity contribution is 0.564. The van der Waals surface area contributed by atoms with E-state index >= 15 is 0 Å². The van der Waals surface area contributed by atoms with Gasteiger partial charge in [-0.2, -0.15) is 0 Å². The fraction of sp³-hybridized carbons (Fsp3) is 0.286. The van der Waals surface area contributed by atoms with Crippen molar-refractivity contribution < 1.29 is 8.42 Å². The minimum absolute atomic E-state index is 0.0326. The van der Waals surface area contributed by atoms with Gasteiger partial charge in [0, 0.05) is 25.0 Å². The highest BCUT2D eigenvalue weighted by Gasteiger charge is 2.11. The number of primary sulfonamides is 1. The lowest BCUT2D eigenvalue weighted by atomic mass is 10.1. The number of rotatable bonds is 5. The van der Waals surface area contributed by atoms with Crippen molar-refractivity contribution in [1.29, 1.82) is 0 Å². The van der Waals surface area contributed by atoms with Gasteiger partial charge in [-0.3, -0.25) is 9.97 Å². The van der Waals surface area contributed by atoms with Crippen molar-refractivity contribution in [3.63, 3.8) is 0 Å². The molecule has 0 saturated carbocycles. The van der Waals surface area contributed by atoms with Gasteiger partial charge in [0.05, 0.1) is 16.3 Å². The molecule has 0 aliphatic rings. The summed E-state index contributed by atoms with van der Waals surface area (Å²) >= 11 is 0. The molecule has 0 spiro atoms. The van der Waals surface area contributed by atoms with Gasteiger partial charge in [-0.05, 0) is 31.5 Å². The van der Waals surface area contributed by atoms with E-state index < -0.39 is 10.0 Å². The van der Waals surface area contributed by atoms with Crippen molar-refractivity contribution in [3.8, 4) is 0 Å². The third-order valence-corrected chi connectivity index (χ3v) is 4.02. The van der Waals surface area contributed by atoms with Crippen molar-refractivity contribution in [2.45, 2.75) is 31.3 Å². The number of sulfonamides is 1. The van der Waals surface area contributed by atoms with Gasteiger partial charge in [-0.15, -0.1) is 0 Å². The van der Waals surface area contributed by atoms with Crippen LogP contribution >= 0.6 is 0 Å². The number of hydrogen-bond acceptors (Lipinski definition) is 5. The van der Waals surface area contributed by atoms with E-state index in [0.717, 1.165) is 17.0 Å². The summed E-state index contributed by atoms with van der Waals surface area (Å²) in [4.78, 5) is 8.55. The first-order valence-corrected chi connectivity index (χ1v) is 8.04. The first-order chi connectivity index (χ1) is 9.86. The average Bonchev–Trinajstić information content (AvgIpc) is 2.45. The van der Waals surface area contributed by atoms with Crippen molar-refractivity contribution in [2.24, 2.45) is 5.14 Å². The van der Waals surface area contributed by atoms with Crippen molar-refractivity contribution >= 4 is 10.0 Å². The Balaban J connectivity index is 2.06. The molecule has 7 heteroatoms. The molecule has 0 aliphatic carbocycles. The van der Waals surface area contributed by atoms with Gasteiger partial charge in [-0.1, -0.05) is 12.1 Å². The minimum atomic E-state index is -3.68. The van der Waals surface area contributed by atoms with Gasteiger partial charge in [0.15, 0.2) is 0 Å². The molecular weight excluding hydrogens is 288 g/mol. The summed E-state index contributed by atoms with van der Waals surface area (Å²) < 4.78 is 22.7. The van der Waals surface area contributed by atoms with E-state index in [-0.39, 0.29) is 10.9 Å². The Hall–Kier alpha value is -1.83. The normalized spacial score (nSPS) is 13.1. The summed E-state index contributed by atoms with van der Waals surface area (Å²) in [6, 6.07) is 6.56. The molecular formula is C14H18N4O2S. The fourth-order valence-electron chi connectivity index (χ4n) is 1.85. The Morgan fingerprint density at radius 3 is 2.67 bits per heavy atom. The predicted molar refractivity (Wildman–Crippen MR) is 79.8 cm³/mol. The second-order valence-corrected chi connectivity index (χ2v) is 6.43. The number of aromatic nitrogens is 2. The molecule has 1 atom stereocenters. The highest BCUT2D eigenvalue weighted by Crippen LogP contribution is 2.17. The lowest BCUT2D eigenvalue weighted by Gasteiger charge is -2.14. The highest BCUT2D eigenvalue weighted by atomic mass is 32.2. The highest BCUT2D eigenvalue weighted by molar-refractivity contribution is 7.89. The summed E-state index contributed by atoms with van der Waals surface area (Å²) in [7, 11) is -3.68. The Morgan fingerprint density at radius 2 is 2.05 bits per heavy atom. The monoisotopic (exact) mass is 306 g/mol. The van der Waals surface area contributed by atoms with Crippen LogP contribution in [0.25, 0.3) is 0 Å². The second-order valence-electron chi connectivity index (χ2n) is 4.87. The van der Waals surface area contributed by atoms with Crippen LogP contribution in [-0.4, -0.2) is 18.4 Å². The van der Waals surface area contributed by atoms with E-state index in [1.54, 1.807) is 24.5 Å². The van der Waals surface area contributed by atoms with E-state index in [9.17, 15) is 8.42 Å². The summed E-state index contributed by atoms with van der Waals surface area (Å²) in [5.41, 5.74) is 2.55. The van der Waals surface area contributed by atoms with Gasteiger partial charge < -0.3 is 5.32 Å². The SMILES string of the molecule is Cc1cnc(CNC(C)c2cccc(S(N)(=O)=O)c2)cn1. The molecule has 1 unspecified atom stereocenters. The maximum absolute atomic E-state index is 11.4. The predicted octanol–water partition coefficient (Wildman–Crippen LogP) is 1.28. The van der Waals surface area contributed by atoms with E-state index in [4.69, 9.17) is 5.14 Å². The second kappa shape index (κ2) is 6.30. The number of hydrogen-bond donors (Lipinski definition) is 2. The van der Waals surface area contributed by atoms with E-state index in [2.05, 4.69) is 15.3 Å². The quantitative estimate of drug-likeness (QED) is 0.867. The zero-order valence-electron chi connectivity index (χ0n) is 11.9. The zero-order valence-corrected chi connectivity index (χ0v) is 12.8. The van der Waals surface area contributed by atoms with Crippen LogP contribution in [0.5, 0.6) is 0 Å². The average molecular weight is 306 g/mol. The molecule has 0 aliphatic heterocycles. The van der Waals surface area contributed by atoms with Crippen molar-refractivity contribution in [2.75, 3.05) is 0 Å². The Labute approximate surface area is 124 Å². The van der Waals surface area contributed by atoms with Crippen LogP contribution < -0.4 is 10.5 Å². The van der Waals surface area contributed by atoms with E-state index in [1.807, 2.05) is 19.9 Å². The Morgan fingerprint density at radius 1 is 1.29 bits per heavy atom.